The molecule has 0 unspecified atom stereocenters. The second kappa shape index (κ2) is 9.75. The first kappa shape index (κ1) is 26.6. The molecule has 4 nitrogen and oxygen atoms in total. The molecule has 1 aromatic heterocycles. The number of aromatic nitrogens is 1. The summed E-state index contributed by atoms with van der Waals surface area (Å²) >= 11 is 13.2. The van der Waals surface area contributed by atoms with E-state index < -0.39 is 11.7 Å². The van der Waals surface area contributed by atoms with Crippen molar-refractivity contribution in [3.8, 4) is 0 Å². The van der Waals surface area contributed by atoms with Crippen LogP contribution >= 0.6 is 23.2 Å². The van der Waals surface area contributed by atoms with E-state index in [4.69, 9.17) is 23.2 Å². The number of nitrogens with zero attached hydrogens (tertiary/aromatic N) is 2. The normalized spacial score (nSPS) is 18.6. The Morgan fingerprint density at radius 2 is 1.81 bits per heavy atom. The summed E-state index contributed by atoms with van der Waals surface area (Å²) in [4.78, 5) is 26.9. The second-order valence-electron chi connectivity index (χ2n) is 9.75. The van der Waals surface area contributed by atoms with Gasteiger partial charge in [0.1, 0.15) is 5.78 Å². The van der Waals surface area contributed by atoms with Crippen LogP contribution in [0.1, 0.15) is 52.9 Å². The van der Waals surface area contributed by atoms with Crippen LogP contribution in [-0.4, -0.2) is 34.2 Å². The first-order chi connectivity index (χ1) is 16.8. The zero-order valence-electron chi connectivity index (χ0n) is 20.5. The SMILES string of the molecule is CC(=O)[C@H]1CCN(C(=O)c2ccc(Cl)c(Cn3cc(C)c4cc(C(F)(F)F)cc(C)c43)c2Cl)C[C@H]1C. The van der Waals surface area contributed by atoms with Crippen molar-refractivity contribution in [1.29, 1.82) is 0 Å². The van der Waals surface area contributed by atoms with Crippen LogP contribution in [-0.2, 0) is 17.5 Å². The molecular weight excluding hydrogens is 512 g/mol. The fourth-order valence-corrected chi connectivity index (χ4v) is 5.87. The van der Waals surface area contributed by atoms with Crippen molar-refractivity contribution >= 4 is 45.8 Å². The third-order valence-electron chi connectivity index (χ3n) is 7.15. The van der Waals surface area contributed by atoms with E-state index >= 15 is 0 Å². The number of rotatable bonds is 4. The van der Waals surface area contributed by atoms with Gasteiger partial charge in [0.25, 0.3) is 5.91 Å². The zero-order valence-corrected chi connectivity index (χ0v) is 22.0. The number of benzene rings is 2. The Kier molecular flexibility index (Phi) is 7.19. The van der Waals surface area contributed by atoms with Gasteiger partial charge < -0.3 is 9.47 Å². The van der Waals surface area contributed by atoms with Crippen LogP contribution < -0.4 is 0 Å². The summed E-state index contributed by atoms with van der Waals surface area (Å²) in [5.41, 5.74) is 1.97. The summed E-state index contributed by atoms with van der Waals surface area (Å²) in [6, 6.07) is 5.50. The number of carbonyl (C=O) groups is 2. The van der Waals surface area contributed by atoms with Gasteiger partial charge in [-0.2, -0.15) is 13.2 Å². The Labute approximate surface area is 218 Å². The number of Topliss-reactive ketones (excluding diaryl/α,β-unsaturated/α-hetero) is 1. The smallest absolute Gasteiger partial charge is 0.342 e. The molecule has 0 radical (unpaired) electrons. The molecule has 1 saturated heterocycles. The minimum Gasteiger partial charge on any atom is -0.342 e. The number of halogens is 5. The molecule has 0 saturated carbocycles. The monoisotopic (exact) mass is 538 g/mol. The number of alkyl halides is 3. The molecule has 36 heavy (non-hydrogen) atoms. The van der Waals surface area contributed by atoms with Crippen molar-refractivity contribution in [3.05, 3.63) is 68.3 Å². The van der Waals surface area contributed by atoms with Gasteiger partial charge in [0.15, 0.2) is 0 Å². The van der Waals surface area contributed by atoms with Gasteiger partial charge in [-0.3, -0.25) is 9.59 Å². The van der Waals surface area contributed by atoms with Crippen LogP contribution in [0.25, 0.3) is 10.9 Å². The van der Waals surface area contributed by atoms with Crippen molar-refractivity contribution in [3.63, 3.8) is 0 Å². The van der Waals surface area contributed by atoms with E-state index in [1.807, 2.05) is 11.5 Å². The number of hydrogen-bond acceptors (Lipinski definition) is 2. The number of aryl methyl sites for hydroxylation is 2. The summed E-state index contributed by atoms with van der Waals surface area (Å²) < 4.78 is 41.9. The molecule has 2 aromatic carbocycles. The van der Waals surface area contributed by atoms with Gasteiger partial charge in [0, 0.05) is 41.2 Å². The summed E-state index contributed by atoms with van der Waals surface area (Å²) in [5.74, 6) is -0.110. The third kappa shape index (κ3) is 4.88. The molecule has 0 aliphatic carbocycles. The lowest BCUT2D eigenvalue weighted by atomic mass is 9.84. The Bertz CT molecular complexity index is 1360. The standard InChI is InChI=1S/C27H27Cl2F3N2O2/c1-14-9-18(27(30,31)32)10-21-16(3)12-34(25(14)21)13-22-23(28)6-5-20(24(22)29)26(36)33-8-7-19(17(4)35)15(2)11-33/h5-6,9-10,12,15,19H,7-8,11,13H2,1-4H3/t15-,19+/m1/s1. The number of fused-ring (bicyclic) bond motifs is 1. The van der Waals surface area contributed by atoms with Crippen LogP contribution in [0.2, 0.25) is 10.0 Å². The van der Waals surface area contributed by atoms with Crippen LogP contribution in [0, 0.1) is 25.7 Å². The quantitative estimate of drug-likeness (QED) is 0.349. The van der Waals surface area contributed by atoms with Gasteiger partial charge in [0.05, 0.1) is 28.2 Å². The molecule has 9 heteroatoms. The maximum absolute atomic E-state index is 13.4. The summed E-state index contributed by atoms with van der Waals surface area (Å²) in [6.07, 6.45) is -2.06. The first-order valence-electron chi connectivity index (χ1n) is 11.7. The molecule has 2 atom stereocenters. The molecule has 0 spiro atoms. The lowest BCUT2D eigenvalue weighted by molar-refractivity contribution is -0.137. The number of piperidine rings is 1. The van der Waals surface area contributed by atoms with Crippen molar-refractivity contribution in [2.24, 2.45) is 11.8 Å². The highest BCUT2D eigenvalue weighted by Crippen LogP contribution is 2.37. The molecule has 192 valence electrons. The number of carbonyl (C=O) groups excluding carboxylic acids is 2. The van der Waals surface area contributed by atoms with Crippen LogP contribution in [0.4, 0.5) is 13.2 Å². The van der Waals surface area contributed by atoms with Crippen LogP contribution in [0.3, 0.4) is 0 Å². The highest BCUT2D eigenvalue weighted by atomic mass is 35.5. The highest BCUT2D eigenvalue weighted by Gasteiger charge is 2.33. The fourth-order valence-electron chi connectivity index (χ4n) is 5.30. The van der Waals surface area contributed by atoms with E-state index in [9.17, 15) is 22.8 Å². The Balaban J connectivity index is 1.68. The number of ketones is 1. The molecule has 3 aromatic rings. The minimum atomic E-state index is -4.44. The van der Waals surface area contributed by atoms with Crippen LogP contribution in [0.5, 0.6) is 0 Å². The molecule has 1 aliphatic rings. The Hall–Kier alpha value is -2.51. The predicted molar refractivity (Wildman–Crippen MR) is 136 cm³/mol. The fraction of sp³-hybridized carbons (Fsp3) is 0.407. The molecular formula is C27H27Cl2F3N2O2. The molecule has 1 fully saturated rings. The molecule has 0 N–H and O–H groups in total. The summed E-state index contributed by atoms with van der Waals surface area (Å²) in [5, 5.41) is 1.09. The molecule has 1 amide bonds. The Morgan fingerprint density at radius 1 is 1.11 bits per heavy atom. The molecule has 4 rings (SSSR count). The zero-order chi connectivity index (χ0) is 26.5. The minimum absolute atomic E-state index is 0.0459. The van der Waals surface area contributed by atoms with E-state index in [-0.39, 0.29) is 35.1 Å². The molecule has 0 bridgehead atoms. The number of amides is 1. The van der Waals surface area contributed by atoms with Crippen molar-refractivity contribution in [1.82, 2.24) is 9.47 Å². The van der Waals surface area contributed by atoms with Gasteiger partial charge in [0.2, 0.25) is 0 Å². The van der Waals surface area contributed by atoms with Crippen molar-refractivity contribution in [2.45, 2.75) is 46.8 Å². The number of likely N-dealkylation sites (tertiary alicyclic amines) is 1. The predicted octanol–water partition coefficient (Wildman–Crippen LogP) is 7.32. The van der Waals surface area contributed by atoms with Crippen molar-refractivity contribution < 1.29 is 22.8 Å². The van der Waals surface area contributed by atoms with E-state index in [1.54, 1.807) is 44.0 Å². The lowest BCUT2D eigenvalue weighted by Gasteiger charge is -2.36. The van der Waals surface area contributed by atoms with Gasteiger partial charge in [-0.1, -0.05) is 30.1 Å². The van der Waals surface area contributed by atoms with E-state index in [1.165, 1.54) is 0 Å². The summed E-state index contributed by atoms with van der Waals surface area (Å²) in [6.45, 7) is 8.06. The van der Waals surface area contributed by atoms with Gasteiger partial charge >= 0.3 is 6.18 Å². The first-order valence-corrected chi connectivity index (χ1v) is 12.5. The maximum Gasteiger partial charge on any atom is 0.416 e. The van der Waals surface area contributed by atoms with Gasteiger partial charge in [-0.05, 0) is 68.5 Å². The Morgan fingerprint density at radius 3 is 2.42 bits per heavy atom. The van der Waals surface area contributed by atoms with Gasteiger partial charge in [-0.15, -0.1) is 0 Å². The number of hydrogen-bond donors (Lipinski definition) is 0. The highest BCUT2D eigenvalue weighted by molar-refractivity contribution is 6.38. The average Bonchev–Trinajstić information content (AvgIpc) is 3.11. The van der Waals surface area contributed by atoms with Gasteiger partial charge in [-0.25, -0.2) is 0 Å². The third-order valence-corrected chi connectivity index (χ3v) is 7.93. The van der Waals surface area contributed by atoms with E-state index in [2.05, 4.69) is 0 Å². The van der Waals surface area contributed by atoms with Crippen LogP contribution in [0.15, 0.2) is 30.5 Å². The van der Waals surface area contributed by atoms with E-state index in [0.717, 1.165) is 12.1 Å². The lowest BCUT2D eigenvalue weighted by Crippen LogP contribution is -2.44. The maximum atomic E-state index is 13.4. The van der Waals surface area contributed by atoms with Crippen molar-refractivity contribution in [2.75, 3.05) is 13.1 Å². The topological polar surface area (TPSA) is 42.3 Å². The molecule has 1 aliphatic heterocycles. The largest absolute Gasteiger partial charge is 0.416 e. The van der Waals surface area contributed by atoms with E-state index in [0.29, 0.717) is 57.7 Å². The second-order valence-corrected chi connectivity index (χ2v) is 10.5. The molecule has 2 heterocycles. The summed E-state index contributed by atoms with van der Waals surface area (Å²) in [7, 11) is 0. The average molecular weight is 539 g/mol.